The lowest BCUT2D eigenvalue weighted by Crippen LogP contribution is -2.29. The molecule has 0 aromatic heterocycles. The van der Waals surface area contributed by atoms with Crippen LogP contribution in [0.4, 0.5) is 0 Å². The first-order chi connectivity index (χ1) is 7.25. The van der Waals surface area contributed by atoms with Gasteiger partial charge in [-0.15, -0.1) is 0 Å². The standard InChI is InChI=1S/C11H18N2.C2H6/c1-12-9-11(13(2)3)10-7-5-4-6-8-10;1-2/h4-8,11-12H,9H2,1-3H3;1-2H3/t11-;/m1./s1. The van der Waals surface area contributed by atoms with Crippen molar-refractivity contribution in [1.82, 2.24) is 10.2 Å². The van der Waals surface area contributed by atoms with Crippen molar-refractivity contribution in [3.05, 3.63) is 35.9 Å². The van der Waals surface area contributed by atoms with E-state index in [2.05, 4.69) is 54.6 Å². The Morgan fingerprint density at radius 1 is 1.13 bits per heavy atom. The minimum atomic E-state index is 0.464. The van der Waals surface area contributed by atoms with E-state index in [-0.39, 0.29) is 0 Å². The summed E-state index contributed by atoms with van der Waals surface area (Å²) in [4.78, 5) is 2.23. The summed E-state index contributed by atoms with van der Waals surface area (Å²) in [5, 5.41) is 3.21. The van der Waals surface area contributed by atoms with Gasteiger partial charge in [-0.05, 0) is 26.7 Å². The molecule has 0 unspecified atom stereocenters. The highest BCUT2D eigenvalue weighted by Crippen LogP contribution is 2.16. The largest absolute Gasteiger partial charge is 0.318 e. The molecule has 1 aromatic carbocycles. The zero-order valence-corrected chi connectivity index (χ0v) is 10.6. The molecule has 86 valence electrons. The second-order valence-electron chi connectivity index (χ2n) is 3.45. The highest BCUT2D eigenvalue weighted by atomic mass is 15.1. The van der Waals surface area contributed by atoms with E-state index in [4.69, 9.17) is 0 Å². The lowest BCUT2D eigenvalue weighted by molar-refractivity contribution is 0.294. The first-order valence-corrected chi connectivity index (χ1v) is 5.61. The zero-order valence-electron chi connectivity index (χ0n) is 10.6. The predicted molar refractivity (Wildman–Crippen MR) is 68.1 cm³/mol. The van der Waals surface area contributed by atoms with E-state index in [0.29, 0.717) is 6.04 Å². The topological polar surface area (TPSA) is 15.3 Å². The Bertz CT molecular complexity index is 232. The average Bonchev–Trinajstić information content (AvgIpc) is 2.29. The summed E-state index contributed by atoms with van der Waals surface area (Å²) in [6.07, 6.45) is 0. The highest BCUT2D eigenvalue weighted by Gasteiger charge is 2.11. The summed E-state index contributed by atoms with van der Waals surface area (Å²) in [7, 11) is 6.20. The van der Waals surface area contributed by atoms with Crippen molar-refractivity contribution >= 4 is 0 Å². The first kappa shape index (κ1) is 14.1. The molecule has 0 aliphatic rings. The number of benzene rings is 1. The van der Waals surface area contributed by atoms with Crippen molar-refractivity contribution in [3.8, 4) is 0 Å². The Labute approximate surface area is 94.3 Å². The van der Waals surface area contributed by atoms with Crippen LogP contribution in [0.15, 0.2) is 30.3 Å². The van der Waals surface area contributed by atoms with E-state index in [1.165, 1.54) is 5.56 Å². The number of hydrogen-bond donors (Lipinski definition) is 1. The van der Waals surface area contributed by atoms with Crippen LogP contribution in [0.1, 0.15) is 25.5 Å². The zero-order chi connectivity index (χ0) is 11.7. The smallest absolute Gasteiger partial charge is 0.0466 e. The van der Waals surface area contributed by atoms with Gasteiger partial charge in [0.2, 0.25) is 0 Å². The third kappa shape index (κ3) is 4.96. The Balaban J connectivity index is 0.000000921. The molecule has 0 radical (unpaired) electrons. The molecule has 0 aliphatic carbocycles. The maximum absolute atomic E-state index is 3.21. The molecule has 0 fully saturated rings. The quantitative estimate of drug-likeness (QED) is 0.818. The molecule has 0 heterocycles. The maximum Gasteiger partial charge on any atom is 0.0466 e. The number of hydrogen-bond acceptors (Lipinski definition) is 2. The Kier molecular flexibility index (Phi) is 7.96. The summed E-state index contributed by atoms with van der Waals surface area (Å²) in [6.45, 7) is 4.98. The number of nitrogens with zero attached hydrogens (tertiary/aromatic N) is 1. The van der Waals surface area contributed by atoms with Gasteiger partial charge in [-0.2, -0.15) is 0 Å². The molecule has 0 saturated heterocycles. The van der Waals surface area contributed by atoms with E-state index in [1.54, 1.807) is 0 Å². The molecule has 0 spiro atoms. The van der Waals surface area contributed by atoms with Gasteiger partial charge in [0.05, 0.1) is 0 Å². The van der Waals surface area contributed by atoms with Gasteiger partial charge < -0.3 is 10.2 Å². The SMILES string of the molecule is CC.CNC[C@H](c1ccccc1)N(C)C. The summed E-state index contributed by atoms with van der Waals surface area (Å²) in [5.41, 5.74) is 1.36. The van der Waals surface area contributed by atoms with Gasteiger partial charge in [0.25, 0.3) is 0 Å². The van der Waals surface area contributed by atoms with Crippen LogP contribution >= 0.6 is 0 Å². The lowest BCUT2D eigenvalue weighted by atomic mass is 10.1. The van der Waals surface area contributed by atoms with E-state index in [1.807, 2.05) is 20.9 Å². The van der Waals surface area contributed by atoms with E-state index >= 15 is 0 Å². The maximum atomic E-state index is 3.21. The molecule has 0 saturated carbocycles. The van der Waals surface area contributed by atoms with Crippen molar-refractivity contribution < 1.29 is 0 Å². The van der Waals surface area contributed by atoms with E-state index in [9.17, 15) is 0 Å². The molecular weight excluding hydrogens is 184 g/mol. The Morgan fingerprint density at radius 2 is 1.67 bits per heavy atom. The normalized spacial score (nSPS) is 11.9. The number of rotatable bonds is 4. The molecule has 1 N–H and O–H groups in total. The average molecular weight is 208 g/mol. The van der Waals surface area contributed by atoms with Gasteiger partial charge in [0, 0.05) is 12.6 Å². The fourth-order valence-electron chi connectivity index (χ4n) is 1.47. The van der Waals surface area contributed by atoms with Crippen molar-refractivity contribution in [2.75, 3.05) is 27.7 Å². The Hall–Kier alpha value is -0.860. The molecule has 0 aliphatic heterocycles. The van der Waals surface area contributed by atoms with E-state index < -0.39 is 0 Å². The van der Waals surface area contributed by atoms with Gasteiger partial charge in [0.15, 0.2) is 0 Å². The number of nitrogens with one attached hydrogen (secondary N) is 1. The second kappa shape index (κ2) is 8.45. The van der Waals surface area contributed by atoms with Crippen molar-refractivity contribution in [2.45, 2.75) is 19.9 Å². The van der Waals surface area contributed by atoms with Crippen LogP contribution in [0.25, 0.3) is 0 Å². The van der Waals surface area contributed by atoms with Crippen LogP contribution in [-0.2, 0) is 0 Å². The van der Waals surface area contributed by atoms with Crippen molar-refractivity contribution in [3.63, 3.8) is 0 Å². The van der Waals surface area contributed by atoms with E-state index in [0.717, 1.165) is 6.54 Å². The third-order valence-corrected chi connectivity index (χ3v) is 2.21. The predicted octanol–water partition coefficient (Wildman–Crippen LogP) is 2.53. The Morgan fingerprint density at radius 3 is 2.07 bits per heavy atom. The molecule has 0 amide bonds. The van der Waals surface area contributed by atoms with Crippen molar-refractivity contribution in [1.29, 1.82) is 0 Å². The molecular formula is C13H24N2. The van der Waals surface area contributed by atoms with Gasteiger partial charge in [-0.3, -0.25) is 0 Å². The van der Waals surface area contributed by atoms with Gasteiger partial charge in [-0.25, -0.2) is 0 Å². The van der Waals surface area contributed by atoms with Crippen LogP contribution in [0, 0.1) is 0 Å². The molecule has 0 bridgehead atoms. The summed E-state index contributed by atoms with van der Waals surface area (Å²) >= 11 is 0. The summed E-state index contributed by atoms with van der Waals surface area (Å²) in [6, 6.07) is 11.0. The lowest BCUT2D eigenvalue weighted by Gasteiger charge is -2.24. The molecule has 1 aromatic rings. The summed E-state index contributed by atoms with van der Waals surface area (Å²) in [5.74, 6) is 0. The second-order valence-corrected chi connectivity index (χ2v) is 3.45. The van der Waals surface area contributed by atoms with Gasteiger partial charge in [-0.1, -0.05) is 44.2 Å². The van der Waals surface area contributed by atoms with Crippen LogP contribution in [0.2, 0.25) is 0 Å². The molecule has 1 atom stereocenters. The minimum absolute atomic E-state index is 0.464. The molecule has 2 heteroatoms. The molecule has 1 rings (SSSR count). The highest BCUT2D eigenvalue weighted by molar-refractivity contribution is 5.19. The molecule has 15 heavy (non-hydrogen) atoms. The van der Waals surface area contributed by atoms with Gasteiger partial charge >= 0.3 is 0 Å². The first-order valence-electron chi connectivity index (χ1n) is 5.61. The van der Waals surface area contributed by atoms with Crippen LogP contribution in [0.3, 0.4) is 0 Å². The van der Waals surface area contributed by atoms with Crippen LogP contribution in [0.5, 0.6) is 0 Å². The minimum Gasteiger partial charge on any atom is -0.318 e. The number of likely N-dealkylation sites (N-methyl/N-ethyl adjacent to an activating group) is 2. The molecule has 2 nitrogen and oxygen atoms in total. The monoisotopic (exact) mass is 208 g/mol. The fourth-order valence-corrected chi connectivity index (χ4v) is 1.47. The van der Waals surface area contributed by atoms with Crippen molar-refractivity contribution in [2.24, 2.45) is 0 Å². The van der Waals surface area contributed by atoms with Gasteiger partial charge in [0.1, 0.15) is 0 Å². The summed E-state index contributed by atoms with van der Waals surface area (Å²) < 4.78 is 0. The van der Waals surface area contributed by atoms with Crippen LogP contribution < -0.4 is 5.32 Å². The third-order valence-electron chi connectivity index (χ3n) is 2.21. The van der Waals surface area contributed by atoms with Crippen LogP contribution in [-0.4, -0.2) is 32.6 Å². The fraction of sp³-hybridized carbons (Fsp3) is 0.538.